The fourth-order valence-corrected chi connectivity index (χ4v) is 3.82. The highest BCUT2D eigenvalue weighted by molar-refractivity contribution is 5.96. The molecule has 0 spiro atoms. The number of aliphatic hydroxyl groups excluding tert-OH is 1. The number of H-pyrrole nitrogens is 1. The molecule has 1 aromatic rings. The average Bonchev–Trinajstić information content (AvgIpc) is 3.06. The van der Waals surface area contributed by atoms with Crippen LogP contribution in [0.5, 0.6) is 0 Å². The molecule has 2 aliphatic rings. The monoisotopic (exact) mass is 334 g/mol. The summed E-state index contributed by atoms with van der Waals surface area (Å²) in [5, 5.41) is 19.8. The maximum absolute atomic E-state index is 12.4. The van der Waals surface area contributed by atoms with Crippen LogP contribution in [0, 0.1) is 0 Å². The van der Waals surface area contributed by atoms with Crippen molar-refractivity contribution in [3.63, 3.8) is 0 Å². The Balaban J connectivity index is 1.63. The van der Waals surface area contributed by atoms with Gasteiger partial charge in [0, 0.05) is 37.6 Å². The summed E-state index contributed by atoms with van der Waals surface area (Å²) in [6.07, 6.45) is 6.98. The molecule has 1 saturated carbocycles. The van der Waals surface area contributed by atoms with Crippen LogP contribution in [0.4, 0.5) is 5.82 Å². The molecule has 24 heavy (non-hydrogen) atoms. The van der Waals surface area contributed by atoms with Crippen LogP contribution < -0.4 is 5.32 Å². The number of amides is 2. The van der Waals surface area contributed by atoms with E-state index in [2.05, 4.69) is 15.5 Å². The van der Waals surface area contributed by atoms with Crippen LogP contribution in [-0.2, 0) is 9.59 Å². The first-order valence-corrected chi connectivity index (χ1v) is 8.86. The van der Waals surface area contributed by atoms with Gasteiger partial charge in [0.1, 0.15) is 6.04 Å². The van der Waals surface area contributed by atoms with Gasteiger partial charge in [-0.05, 0) is 12.8 Å². The van der Waals surface area contributed by atoms with Gasteiger partial charge in [-0.25, -0.2) is 0 Å². The quantitative estimate of drug-likeness (QED) is 0.734. The van der Waals surface area contributed by atoms with Gasteiger partial charge < -0.3 is 15.3 Å². The van der Waals surface area contributed by atoms with Gasteiger partial charge in [-0.3, -0.25) is 14.7 Å². The van der Waals surface area contributed by atoms with E-state index in [1.54, 1.807) is 0 Å². The van der Waals surface area contributed by atoms with Gasteiger partial charge in [-0.2, -0.15) is 5.10 Å². The lowest BCUT2D eigenvalue weighted by Crippen LogP contribution is -2.42. The van der Waals surface area contributed by atoms with Gasteiger partial charge in [0.05, 0.1) is 6.10 Å². The van der Waals surface area contributed by atoms with Crippen molar-refractivity contribution in [2.75, 3.05) is 11.9 Å². The number of nitrogens with zero attached hydrogens (tertiary/aromatic N) is 2. The first-order valence-electron chi connectivity index (χ1n) is 8.86. The standard InChI is InChI=1S/C17H26N4O3/c1-11(22)21-10-13(23)8-15(21)17(24)18-16-9-14(19-20-16)12-6-4-2-3-5-7-12/h9,12-13,15,23H,2-8,10H2,1H3,(H2,18,19,20,24)/t13-,15+/m1/s1. The lowest BCUT2D eigenvalue weighted by Gasteiger charge is -2.21. The molecule has 3 N–H and O–H groups in total. The van der Waals surface area contributed by atoms with Gasteiger partial charge >= 0.3 is 0 Å². The number of carbonyl (C=O) groups excluding carboxylic acids is 2. The third-order valence-corrected chi connectivity index (χ3v) is 5.13. The Labute approximate surface area is 141 Å². The Morgan fingerprint density at radius 1 is 1.29 bits per heavy atom. The molecule has 1 aromatic heterocycles. The Hall–Kier alpha value is -1.89. The number of hydrogen-bond acceptors (Lipinski definition) is 4. The number of nitrogens with one attached hydrogen (secondary N) is 2. The summed E-state index contributed by atoms with van der Waals surface area (Å²) in [7, 11) is 0. The molecule has 132 valence electrons. The van der Waals surface area contributed by atoms with Gasteiger partial charge in [0.15, 0.2) is 5.82 Å². The van der Waals surface area contributed by atoms with Gasteiger partial charge in [0.2, 0.25) is 11.8 Å². The molecular weight excluding hydrogens is 308 g/mol. The lowest BCUT2D eigenvalue weighted by atomic mass is 9.97. The molecule has 2 amide bonds. The van der Waals surface area contributed by atoms with E-state index in [0.717, 1.165) is 18.5 Å². The number of carbonyl (C=O) groups is 2. The molecule has 0 bridgehead atoms. The minimum atomic E-state index is -0.648. The van der Waals surface area contributed by atoms with Crippen LogP contribution in [0.15, 0.2) is 6.07 Å². The van der Waals surface area contributed by atoms with Crippen LogP contribution in [0.2, 0.25) is 0 Å². The second kappa shape index (κ2) is 7.34. The number of hydrogen-bond donors (Lipinski definition) is 3. The van der Waals surface area contributed by atoms with Crippen molar-refractivity contribution < 1.29 is 14.7 Å². The molecule has 3 rings (SSSR count). The van der Waals surface area contributed by atoms with Crippen molar-refractivity contribution >= 4 is 17.6 Å². The molecule has 1 aliphatic heterocycles. The molecule has 1 saturated heterocycles. The number of aromatic amines is 1. The minimum absolute atomic E-state index is 0.201. The molecule has 2 heterocycles. The second-order valence-electron chi connectivity index (χ2n) is 6.96. The minimum Gasteiger partial charge on any atom is -0.391 e. The zero-order valence-electron chi connectivity index (χ0n) is 14.1. The topological polar surface area (TPSA) is 98.3 Å². The van der Waals surface area contributed by atoms with Crippen molar-refractivity contribution in [3.8, 4) is 0 Å². The number of β-amino-alcohol motifs (C(OH)–C–C–N with tert-alkyl or cyclic N) is 1. The van der Waals surface area contributed by atoms with Gasteiger partial charge in [-0.15, -0.1) is 0 Å². The van der Waals surface area contributed by atoms with E-state index in [1.807, 2.05) is 6.07 Å². The highest BCUT2D eigenvalue weighted by Crippen LogP contribution is 2.31. The first-order chi connectivity index (χ1) is 11.5. The number of likely N-dealkylation sites (tertiary alicyclic amines) is 1. The van der Waals surface area contributed by atoms with E-state index in [4.69, 9.17) is 0 Å². The molecular formula is C17H26N4O3. The van der Waals surface area contributed by atoms with Crippen LogP contribution in [0.25, 0.3) is 0 Å². The molecule has 1 aliphatic carbocycles. The number of rotatable bonds is 3. The Kier molecular flexibility index (Phi) is 5.18. The van der Waals surface area contributed by atoms with Crippen molar-refractivity contribution in [1.29, 1.82) is 0 Å². The number of aromatic nitrogens is 2. The summed E-state index contributed by atoms with van der Waals surface area (Å²) >= 11 is 0. The van der Waals surface area contributed by atoms with E-state index in [1.165, 1.54) is 37.5 Å². The van der Waals surface area contributed by atoms with Gasteiger partial charge in [0.25, 0.3) is 0 Å². The Bertz CT molecular complexity index is 592. The van der Waals surface area contributed by atoms with Crippen molar-refractivity contribution in [1.82, 2.24) is 15.1 Å². The predicted molar refractivity (Wildman–Crippen MR) is 89.5 cm³/mol. The SMILES string of the molecule is CC(=O)N1C[C@H](O)C[C@H]1C(=O)Nc1cc(C2CCCCCC2)[nH]n1. The van der Waals surface area contributed by atoms with E-state index in [9.17, 15) is 14.7 Å². The zero-order chi connectivity index (χ0) is 17.1. The molecule has 2 atom stereocenters. The molecule has 2 fully saturated rings. The smallest absolute Gasteiger partial charge is 0.248 e. The van der Waals surface area contributed by atoms with Crippen LogP contribution in [-0.4, -0.2) is 50.7 Å². The third kappa shape index (κ3) is 3.77. The third-order valence-electron chi connectivity index (χ3n) is 5.13. The molecule has 0 radical (unpaired) electrons. The molecule has 0 aromatic carbocycles. The summed E-state index contributed by atoms with van der Waals surface area (Å²) in [5.41, 5.74) is 1.07. The maximum Gasteiger partial charge on any atom is 0.248 e. The molecule has 7 heteroatoms. The Morgan fingerprint density at radius 3 is 2.67 bits per heavy atom. The van der Waals surface area contributed by atoms with E-state index < -0.39 is 12.1 Å². The lowest BCUT2D eigenvalue weighted by molar-refractivity contribution is -0.134. The van der Waals surface area contributed by atoms with E-state index in [-0.39, 0.29) is 24.8 Å². The summed E-state index contributed by atoms with van der Waals surface area (Å²) < 4.78 is 0. The van der Waals surface area contributed by atoms with Crippen LogP contribution >= 0.6 is 0 Å². The molecule has 0 unspecified atom stereocenters. The number of aliphatic hydroxyl groups is 1. The fraction of sp³-hybridized carbons (Fsp3) is 0.706. The fourth-order valence-electron chi connectivity index (χ4n) is 3.82. The normalized spacial score (nSPS) is 25.5. The Morgan fingerprint density at radius 2 is 2.00 bits per heavy atom. The van der Waals surface area contributed by atoms with Crippen molar-refractivity contribution in [2.24, 2.45) is 0 Å². The van der Waals surface area contributed by atoms with Gasteiger partial charge in [-0.1, -0.05) is 25.7 Å². The highest BCUT2D eigenvalue weighted by Gasteiger charge is 2.37. The summed E-state index contributed by atoms with van der Waals surface area (Å²) in [4.78, 5) is 25.5. The summed E-state index contributed by atoms with van der Waals surface area (Å²) in [5.74, 6) is 0.477. The average molecular weight is 334 g/mol. The predicted octanol–water partition coefficient (Wildman–Crippen LogP) is 1.77. The first kappa shape index (κ1) is 17.0. The summed E-state index contributed by atoms with van der Waals surface area (Å²) in [6, 6.07) is 1.27. The number of anilines is 1. The largest absolute Gasteiger partial charge is 0.391 e. The van der Waals surface area contributed by atoms with E-state index in [0.29, 0.717) is 11.7 Å². The van der Waals surface area contributed by atoms with Crippen LogP contribution in [0.3, 0.4) is 0 Å². The summed E-state index contributed by atoms with van der Waals surface area (Å²) in [6.45, 7) is 1.62. The molecule has 7 nitrogen and oxygen atoms in total. The maximum atomic E-state index is 12.4. The van der Waals surface area contributed by atoms with Crippen molar-refractivity contribution in [2.45, 2.75) is 69.9 Å². The second-order valence-corrected chi connectivity index (χ2v) is 6.96. The van der Waals surface area contributed by atoms with E-state index >= 15 is 0 Å². The highest BCUT2D eigenvalue weighted by atomic mass is 16.3. The van der Waals surface area contributed by atoms with Crippen molar-refractivity contribution in [3.05, 3.63) is 11.8 Å². The van der Waals surface area contributed by atoms with Crippen LogP contribution in [0.1, 0.15) is 63.5 Å². The zero-order valence-corrected chi connectivity index (χ0v) is 14.1.